The lowest BCUT2D eigenvalue weighted by molar-refractivity contribution is 0.0512. The quantitative estimate of drug-likeness (QED) is 0.633. The van der Waals surface area contributed by atoms with Crippen LogP contribution < -0.4 is 0 Å². The molecule has 0 fully saturated rings. The first kappa shape index (κ1) is 14.0. The summed E-state index contributed by atoms with van der Waals surface area (Å²) in [5.74, 6) is -1.83. The third kappa shape index (κ3) is 3.18. The molecule has 0 bridgehead atoms. The Morgan fingerprint density at radius 3 is 2.71 bits per heavy atom. The monoisotopic (exact) mass is 311 g/mol. The standard InChI is InChI=1S/C10H9BrF3NO2/c1-2-17-10(16)5-3-6(12)7(4-11)15-8(5)9(13)14/h3,9H,2,4H2,1H3. The highest BCUT2D eigenvalue weighted by Crippen LogP contribution is 2.24. The Kier molecular flexibility index (Phi) is 4.92. The number of alkyl halides is 3. The third-order valence-corrected chi connectivity index (χ3v) is 2.44. The van der Waals surface area contributed by atoms with Gasteiger partial charge < -0.3 is 4.74 Å². The maximum atomic E-state index is 13.3. The van der Waals surface area contributed by atoms with Crippen molar-refractivity contribution in [2.45, 2.75) is 18.7 Å². The molecule has 1 aromatic heterocycles. The van der Waals surface area contributed by atoms with Gasteiger partial charge in [0.05, 0.1) is 17.9 Å². The molecule has 1 rings (SSSR count). The molecule has 0 saturated heterocycles. The zero-order valence-corrected chi connectivity index (χ0v) is 10.4. The number of hydrogen-bond donors (Lipinski definition) is 0. The molecule has 0 N–H and O–H groups in total. The van der Waals surface area contributed by atoms with Gasteiger partial charge in [0.15, 0.2) is 0 Å². The number of aromatic nitrogens is 1. The number of nitrogens with zero attached hydrogens (tertiary/aromatic N) is 1. The van der Waals surface area contributed by atoms with E-state index in [4.69, 9.17) is 0 Å². The van der Waals surface area contributed by atoms with Gasteiger partial charge in [-0.05, 0) is 13.0 Å². The van der Waals surface area contributed by atoms with E-state index in [1.807, 2.05) is 0 Å². The van der Waals surface area contributed by atoms with Crippen molar-refractivity contribution in [1.29, 1.82) is 0 Å². The summed E-state index contributed by atoms with van der Waals surface area (Å²) in [5.41, 5.74) is -1.48. The van der Waals surface area contributed by atoms with Gasteiger partial charge >= 0.3 is 5.97 Å². The van der Waals surface area contributed by atoms with Crippen LogP contribution in [0.3, 0.4) is 0 Å². The van der Waals surface area contributed by atoms with E-state index in [0.29, 0.717) is 0 Å². The molecule has 0 aliphatic heterocycles. The number of carbonyl (C=O) groups is 1. The number of esters is 1. The summed E-state index contributed by atoms with van der Waals surface area (Å²) < 4.78 is 43.2. The van der Waals surface area contributed by atoms with Gasteiger partial charge in [-0.2, -0.15) is 0 Å². The van der Waals surface area contributed by atoms with E-state index in [2.05, 4.69) is 25.7 Å². The second-order valence-electron chi connectivity index (χ2n) is 3.00. The first-order valence-electron chi connectivity index (χ1n) is 4.71. The molecular weight excluding hydrogens is 303 g/mol. The largest absolute Gasteiger partial charge is 0.462 e. The summed E-state index contributed by atoms with van der Waals surface area (Å²) in [6.07, 6.45) is -2.96. The predicted molar refractivity (Wildman–Crippen MR) is 57.7 cm³/mol. The maximum absolute atomic E-state index is 13.3. The minimum atomic E-state index is -2.96. The van der Waals surface area contributed by atoms with E-state index >= 15 is 0 Å². The van der Waals surface area contributed by atoms with Crippen LogP contribution in [-0.4, -0.2) is 17.6 Å². The molecule has 0 amide bonds. The van der Waals surface area contributed by atoms with Crippen LogP contribution in [0, 0.1) is 5.82 Å². The van der Waals surface area contributed by atoms with Crippen LogP contribution in [0.4, 0.5) is 13.2 Å². The summed E-state index contributed by atoms with van der Waals surface area (Å²) >= 11 is 2.92. The molecule has 0 unspecified atom stereocenters. The Labute approximate surface area is 104 Å². The van der Waals surface area contributed by atoms with Gasteiger partial charge in [0.1, 0.15) is 11.5 Å². The molecule has 0 aromatic carbocycles. The van der Waals surface area contributed by atoms with Crippen molar-refractivity contribution in [3.63, 3.8) is 0 Å². The predicted octanol–water partition coefficient (Wildman–Crippen LogP) is 3.23. The lowest BCUT2D eigenvalue weighted by Crippen LogP contribution is -2.12. The van der Waals surface area contributed by atoms with Crippen molar-refractivity contribution >= 4 is 21.9 Å². The van der Waals surface area contributed by atoms with E-state index in [1.54, 1.807) is 0 Å². The van der Waals surface area contributed by atoms with Crippen LogP contribution in [0.15, 0.2) is 6.07 Å². The number of ether oxygens (including phenoxy) is 1. The number of hydrogen-bond acceptors (Lipinski definition) is 3. The van der Waals surface area contributed by atoms with Crippen LogP contribution in [0.1, 0.15) is 35.1 Å². The zero-order valence-electron chi connectivity index (χ0n) is 8.84. The van der Waals surface area contributed by atoms with Crippen molar-refractivity contribution < 1.29 is 22.7 Å². The van der Waals surface area contributed by atoms with Gasteiger partial charge in [0, 0.05) is 5.33 Å². The second-order valence-corrected chi connectivity index (χ2v) is 3.57. The minimum Gasteiger partial charge on any atom is -0.462 e. The molecular formula is C10H9BrF3NO2. The van der Waals surface area contributed by atoms with Gasteiger partial charge in [-0.1, -0.05) is 15.9 Å². The van der Waals surface area contributed by atoms with Crippen LogP contribution in [0.2, 0.25) is 0 Å². The molecule has 1 aromatic rings. The molecule has 0 aliphatic carbocycles. The number of rotatable bonds is 4. The summed E-state index contributed by atoms with van der Waals surface area (Å²) in [4.78, 5) is 14.8. The molecule has 94 valence electrons. The highest BCUT2D eigenvalue weighted by molar-refractivity contribution is 9.08. The molecule has 17 heavy (non-hydrogen) atoms. The average Bonchev–Trinajstić information content (AvgIpc) is 2.28. The van der Waals surface area contributed by atoms with E-state index < -0.39 is 29.5 Å². The first-order valence-corrected chi connectivity index (χ1v) is 5.83. The van der Waals surface area contributed by atoms with E-state index in [1.165, 1.54) is 6.92 Å². The highest BCUT2D eigenvalue weighted by Gasteiger charge is 2.23. The first-order chi connectivity index (χ1) is 8.01. The highest BCUT2D eigenvalue weighted by atomic mass is 79.9. The van der Waals surface area contributed by atoms with E-state index in [9.17, 15) is 18.0 Å². The number of carbonyl (C=O) groups excluding carboxylic acids is 1. The normalized spacial score (nSPS) is 10.7. The SMILES string of the molecule is CCOC(=O)c1cc(F)c(CBr)nc1C(F)F. The summed E-state index contributed by atoms with van der Waals surface area (Å²) in [5, 5.41) is -0.0122. The average molecular weight is 312 g/mol. The summed E-state index contributed by atoms with van der Waals surface area (Å²) in [6, 6.07) is 0.725. The summed E-state index contributed by atoms with van der Waals surface area (Å²) in [7, 11) is 0. The van der Waals surface area contributed by atoms with Gasteiger partial charge in [0.2, 0.25) is 0 Å². The molecule has 0 saturated carbocycles. The number of halogens is 4. The zero-order chi connectivity index (χ0) is 13.0. The fourth-order valence-electron chi connectivity index (χ4n) is 1.18. The third-order valence-electron chi connectivity index (χ3n) is 1.91. The lowest BCUT2D eigenvalue weighted by atomic mass is 10.1. The smallest absolute Gasteiger partial charge is 0.340 e. The van der Waals surface area contributed by atoms with E-state index in [-0.39, 0.29) is 17.6 Å². The van der Waals surface area contributed by atoms with Crippen molar-refractivity contribution in [3.8, 4) is 0 Å². The Hall–Kier alpha value is -1.11. The molecule has 0 radical (unpaired) electrons. The van der Waals surface area contributed by atoms with Gasteiger partial charge in [-0.3, -0.25) is 0 Å². The molecule has 7 heteroatoms. The van der Waals surface area contributed by atoms with Crippen molar-refractivity contribution in [2.75, 3.05) is 6.61 Å². The van der Waals surface area contributed by atoms with Crippen molar-refractivity contribution in [2.24, 2.45) is 0 Å². The second kappa shape index (κ2) is 6.00. The Morgan fingerprint density at radius 1 is 1.59 bits per heavy atom. The molecule has 0 atom stereocenters. The van der Waals surface area contributed by atoms with Crippen LogP contribution in [0.5, 0.6) is 0 Å². The van der Waals surface area contributed by atoms with Crippen molar-refractivity contribution in [1.82, 2.24) is 4.98 Å². The molecule has 3 nitrogen and oxygen atoms in total. The molecule has 0 spiro atoms. The fraction of sp³-hybridized carbons (Fsp3) is 0.400. The van der Waals surface area contributed by atoms with Crippen molar-refractivity contribution in [3.05, 3.63) is 28.8 Å². The molecule has 1 heterocycles. The van der Waals surface area contributed by atoms with Crippen LogP contribution in [0.25, 0.3) is 0 Å². The minimum absolute atomic E-state index is 0.0122. The number of pyridine rings is 1. The maximum Gasteiger partial charge on any atom is 0.340 e. The van der Waals surface area contributed by atoms with Gasteiger partial charge in [0.25, 0.3) is 6.43 Å². The van der Waals surface area contributed by atoms with Gasteiger partial charge in [-0.15, -0.1) is 0 Å². The summed E-state index contributed by atoms with van der Waals surface area (Å²) in [6.45, 7) is 1.54. The lowest BCUT2D eigenvalue weighted by Gasteiger charge is -2.09. The topological polar surface area (TPSA) is 39.2 Å². The van der Waals surface area contributed by atoms with Crippen LogP contribution in [-0.2, 0) is 10.1 Å². The fourth-order valence-corrected chi connectivity index (χ4v) is 1.57. The van der Waals surface area contributed by atoms with E-state index in [0.717, 1.165) is 6.07 Å². The molecule has 0 aliphatic rings. The Balaban J connectivity index is 3.27. The Bertz CT molecular complexity index is 426. The van der Waals surface area contributed by atoms with Crippen LogP contribution >= 0.6 is 15.9 Å². The van der Waals surface area contributed by atoms with Gasteiger partial charge in [-0.25, -0.2) is 22.9 Å². The Morgan fingerprint density at radius 2 is 2.24 bits per heavy atom.